The second-order valence-corrected chi connectivity index (χ2v) is 5.22. The van der Waals surface area contributed by atoms with Crippen molar-refractivity contribution in [2.24, 2.45) is 0 Å². The van der Waals surface area contributed by atoms with Crippen LogP contribution in [-0.2, 0) is 13.8 Å². The molecule has 0 fully saturated rings. The highest BCUT2D eigenvalue weighted by Crippen LogP contribution is 2.22. The smallest absolute Gasteiger partial charge is 0.339 e. The molecule has 5 nitrogen and oxygen atoms in total. The number of methoxy groups -OCH3 is 1. The van der Waals surface area contributed by atoms with E-state index in [4.69, 9.17) is 16.4 Å². The average molecular weight is 250 g/mol. The van der Waals surface area contributed by atoms with Crippen molar-refractivity contribution >= 4 is 31.4 Å². The summed E-state index contributed by atoms with van der Waals surface area (Å²) in [4.78, 5) is 10.9. The van der Waals surface area contributed by atoms with Crippen molar-refractivity contribution in [1.29, 1.82) is 0 Å². The zero-order chi connectivity index (χ0) is 11.6. The topological polar surface area (TPSA) is 86.5 Å². The van der Waals surface area contributed by atoms with Gasteiger partial charge in [-0.3, -0.25) is 0 Å². The van der Waals surface area contributed by atoms with Gasteiger partial charge in [-0.1, -0.05) is 0 Å². The molecular weight excluding hydrogens is 242 g/mol. The molecule has 0 saturated heterocycles. The molecule has 1 aromatic carbocycles. The summed E-state index contributed by atoms with van der Waals surface area (Å²) in [6.45, 7) is 0. The van der Waals surface area contributed by atoms with E-state index in [1.807, 2.05) is 0 Å². The lowest BCUT2D eigenvalue weighted by atomic mass is 10.2. The molecule has 82 valence electrons. The maximum absolute atomic E-state index is 11.2. The van der Waals surface area contributed by atoms with E-state index < -0.39 is 15.0 Å². The lowest BCUT2D eigenvalue weighted by Crippen LogP contribution is -2.08. The number of esters is 1. The van der Waals surface area contributed by atoms with Crippen LogP contribution in [0.2, 0.25) is 0 Å². The molecule has 0 atom stereocenters. The molecule has 7 heteroatoms. The highest BCUT2D eigenvalue weighted by atomic mass is 35.7. The standard InChI is InChI=1S/C8H8ClNO4S/c1-14-8(11)6-4-5(10)2-3-7(6)15(9,12)13/h2-4H,10H2,1H3. The first-order valence-corrected chi connectivity index (χ1v) is 6.09. The third kappa shape index (κ3) is 2.60. The van der Waals surface area contributed by atoms with Gasteiger partial charge in [0.2, 0.25) is 0 Å². The van der Waals surface area contributed by atoms with Gasteiger partial charge in [0.15, 0.2) is 0 Å². The summed E-state index contributed by atoms with van der Waals surface area (Å²) in [5.74, 6) is -0.804. The van der Waals surface area contributed by atoms with Crippen molar-refractivity contribution in [2.75, 3.05) is 12.8 Å². The lowest BCUT2D eigenvalue weighted by molar-refractivity contribution is 0.0596. The highest BCUT2D eigenvalue weighted by molar-refractivity contribution is 8.13. The minimum Gasteiger partial charge on any atom is -0.465 e. The summed E-state index contributed by atoms with van der Waals surface area (Å²) in [5, 5.41) is 0. The maximum atomic E-state index is 11.2. The fraction of sp³-hybridized carbons (Fsp3) is 0.125. The summed E-state index contributed by atoms with van der Waals surface area (Å²) in [6.07, 6.45) is 0. The zero-order valence-electron chi connectivity index (χ0n) is 7.73. The Kier molecular flexibility index (Phi) is 3.21. The Morgan fingerprint density at radius 1 is 1.47 bits per heavy atom. The van der Waals surface area contributed by atoms with E-state index in [2.05, 4.69) is 4.74 Å². The van der Waals surface area contributed by atoms with Crippen LogP contribution in [0.1, 0.15) is 10.4 Å². The van der Waals surface area contributed by atoms with Gasteiger partial charge in [0.25, 0.3) is 9.05 Å². The van der Waals surface area contributed by atoms with Crippen molar-refractivity contribution in [3.63, 3.8) is 0 Å². The number of halogens is 1. The molecule has 0 bridgehead atoms. The van der Waals surface area contributed by atoms with E-state index in [-0.39, 0.29) is 16.1 Å². The number of carbonyl (C=O) groups excluding carboxylic acids is 1. The van der Waals surface area contributed by atoms with Gasteiger partial charge in [0.1, 0.15) is 0 Å². The molecule has 0 saturated carbocycles. The van der Waals surface area contributed by atoms with Crippen LogP contribution in [0.4, 0.5) is 5.69 Å². The van der Waals surface area contributed by atoms with Gasteiger partial charge in [0, 0.05) is 16.4 Å². The summed E-state index contributed by atoms with van der Waals surface area (Å²) in [7, 11) is 2.29. The number of carbonyl (C=O) groups is 1. The normalized spacial score (nSPS) is 11.1. The van der Waals surface area contributed by atoms with Crippen molar-refractivity contribution in [1.82, 2.24) is 0 Å². The second kappa shape index (κ2) is 4.08. The Morgan fingerprint density at radius 2 is 2.07 bits per heavy atom. The van der Waals surface area contributed by atoms with Crippen molar-refractivity contribution in [2.45, 2.75) is 4.90 Å². The molecule has 0 aliphatic heterocycles. The Morgan fingerprint density at radius 3 is 2.53 bits per heavy atom. The van der Waals surface area contributed by atoms with E-state index in [9.17, 15) is 13.2 Å². The first-order valence-electron chi connectivity index (χ1n) is 3.78. The van der Waals surface area contributed by atoms with Crippen LogP contribution in [0, 0.1) is 0 Å². The first-order chi connectivity index (χ1) is 6.86. The van der Waals surface area contributed by atoms with Gasteiger partial charge in [-0.05, 0) is 18.2 Å². The number of hydrogen-bond acceptors (Lipinski definition) is 5. The molecule has 1 aromatic rings. The number of anilines is 1. The van der Waals surface area contributed by atoms with Gasteiger partial charge in [-0.25, -0.2) is 13.2 Å². The van der Waals surface area contributed by atoms with Crippen LogP contribution in [0.5, 0.6) is 0 Å². The van der Waals surface area contributed by atoms with E-state index in [0.717, 1.165) is 13.2 Å². The minimum absolute atomic E-state index is 0.174. The third-order valence-corrected chi connectivity index (χ3v) is 3.05. The van der Waals surface area contributed by atoms with Crippen LogP contribution in [0.15, 0.2) is 23.1 Å². The van der Waals surface area contributed by atoms with Crippen LogP contribution in [0.3, 0.4) is 0 Å². The van der Waals surface area contributed by atoms with Crippen molar-refractivity contribution < 1.29 is 17.9 Å². The molecule has 0 aliphatic rings. The van der Waals surface area contributed by atoms with Gasteiger partial charge in [0.05, 0.1) is 17.6 Å². The number of benzene rings is 1. The number of nitrogens with two attached hydrogens (primary N) is 1. The minimum atomic E-state index is -3.99. The predicted octanol–water partition coefficient (Wildman–Crippen LogP) is 0.983. The van der Waals surface area contributed by atoms with Crippen LogP contribution >= 0.6 is 10.7 Å². The van der Waals surface area contributed by atoms with Gasteiger partial charge in [-0.15, -0.1) is 0 Å². The number of ether oxygens (including phenoxy) is 1. The molecule has 0 spiro atoms. The summed E-state index contributed by atoms with van der Waals surface area (Å²) < 4.78 is 26.6. The SMILES string of the molecule is COC(=O)c1cc(N)ccc1S(=O)(=O)Cl. The van der Waals surface area contributed by atoms with Crippen LogP contribution in [0.25, 0.3) is 0 Å². The van der Waals surface area contributed by atoms with Crippen LogP contribution in [-0.4, -0.2) is 21.5 Å². The van der Waals surface area contributed by atoms with Crippen molar-refractivity contribution in [3.8, 4) is 0 Å². The van der Waals surface area contributed by atoms with E-state index in [0.29, 0.717) is 0 Å². The Hall–Kier alpha value is -1.27. The monoisotopic (exact) mass is 249 g/mol. The van der Waals surface area contributed by atoms with E-state index in [1.54, 1.807) is 0 Å². The third-order valence-electron chi connectivity index (χ3n) is 1.67. The summed E-state index contributed by atoms with van der Waals surface area (Å²) >= 11 is 0. The second-order valence-electron chi connectivity index (χ2n) is 2.69. The molecule has 15 heavy (non-hydrogen) atoms. The Balaban J connectivity index is 3.47. The van der Waals surface area contributed by atoms with Crippen molar-refractivity contribution in [3.05, 3.63) is 23.8 Å². The predicted molar refractivity (Wildman–Crippen MR) is 55.2 cm³/mol. The summed E-state index contributed by atoms with van der Waals surface area (Å²) in [6, 6.07) is 3.69. The number of nitrogen functional groups attached to an aromatic ring is 1. The van der Waals surface area contributed by atoms with E-state index in [1.165, 1.54) is 12.1 Å². The zero-order valence-corrected chi connectivity index (χ0v) is 9.30. The summed E-state index contributed by atoms with van der Waals surface area (Å²) in [5.41, 5.74) is 5.49. The molecule has 0 unspecified atom stereocenters. The molecule has 0 aromatic heterocycles. The first kappa shape index (κ1) is 11.8. The van der Waals surface area contributed by atoms with Gasteiger partial charge < -0.3 is 10.5 Å². The Labute approximate surface area is 91.2 Å². The lowest BCUT2D eigenvalue weighted by Gasteiger charge is -2.05. The largest absolute Gasteiger partial charge is 0.465 e. The maximum Gasteiger partial charge on any atom is 0.339 e. The number of hydrogen-bond donors (Lipinski definition) is 1. The average Bonchev–Trinajstić information content (AvgIpc) is 2.14. The molecular formula is C8H8ClNO4S. The number of rotatable bonds is 2. The van der Waals surface area contributed by atoms with Gasteiger partial charge in [-0.2, -0.15) is 0 Å². The molecule has 0 radical (unpaired) electrons. The van der Waals surface area contributed by atoms with Crippen LogP contribution < -0.4 is 5.73 Å². The highest BCUT2D eigenvalue weighted by Gasteiger charge is 2.21. The Bertz CT molecular complexity index is 497. The van der Waals surface area contributed by atoms with Gasteiger partial charge >= 0.3 is 5.97 Å². The molecule has 0 heterocycles. The molecule has 0 aliphatic carbocycles. The fourth-order valence-electron chi connectivity index (χ4n) is 1.03. The molecule has 2 N–H and O–H groups in total. The quantitative estimate of drug-likeness (QED) is 0.480. The molecule has 0 amide bonds. The van der Waals surface area contributed by atoms with E-state index >= 15 is 0 Å². The fourth-order valence-corrected chi connectivity index (χ4v) is 2.07. The molecule has 1 rings (SSSR count).